The summed E-state index contributed by atoms with van der Waals surface area (Å²) < 4.78 is 25.9. The second-order valence-electron chi connectivity index (χ2n) is 6.96. The Morgan fingerprint density at radius 1 is 1.20 bits per heavy atom. The van der Waals surface area contributed by atoms with Crippen molar-refractivity contribution in [1.82, 2.24) is 4.98 Å². The molecule has 0 aliphatic carbocycles. The smallest absolute Gasteiger partial charge is 0.398 e. The van der Waals surface area contributed by atoms with Gasteiger partial charge in [0.1, 0.15) is 11.2 Å². The minimum atomic E-state index is -1.13. The van der Waals surface area contributed by atoms with E-state index in [1.807, 2.05) is 27.7 Å². The maximum absolute atomic E-state index is 14.6. The molecule has 1 fully saturated rings. The molecule has 0 unspecified atom stereocenters. The molecule has 0 N–H and O–H groups in total. The summed E-state index contributed by atoms with van der Waals surface area (Å²) in [6, 6.07) is 7.93. The zero-order valence-electron chi connectivity index (χ0n) is 14.4. The maximum Gasteiger partial charge on any atom is 0.525 e. The normalized spacial score (nSPS) is 19.4. The van der Waals surface area contributed by atoms with E-state index < -0.39 is 29.0 Å². The summed E-state index contributed by atoms with van der Waals surface area (Å²) in [4.78, 5) is 14.8. The van der Waals surface area contributed by atoms with Crippen molar-refractivity contribution in [2.75, 3.05) is 0 Å². The van der Waals surface area contributed by atoms with Gasteiger partial charge in [0.15, 0.2) is 0 Å². The van der Waals surface area contributed by atoms with Crippen LogP contribution in [0.3, 0.4) is 0 Å². The Balaban J connectivity index is 1.96. The van der Waals surface area contributed by atoms with Gasteiger partial charge in [-0.05, 0) is 39.8 Å². The molecule has 0 saturated carbocycles. The van der Waals surface area contributed by atoms with Gasteiger partial charge >= 0.3 is 7.12 Å². The van der Waals surface area contributed by atoms with Gasteiger partial charge in [0.05, 0.1) is 21.8 Å². The Hall–Kier alpha value is -2.32. The van der Waals surface area contributed by atoms with E-state index in [1.165, 1.54) is 12.1 Å². The molecule has 3 rings (SSSR count). The molecule has 2 aromatic rings. The first-order valence-electron chi connectivity index (χ1n) is 7.88. The van der Waals surface area contributed by atoms with Crippen molar-refractivity contribution in [3.8, 4) is 0 Å². The lowest BCUT2D eigenvalue weighted by atomic mass is 9.87. The first-order chi connectivity index (χ1) is 11.6. The first kappa shape index (κ1) is 17.5. The molecule has 25 heavy (non-hydrogen) atoms. The molecule has 1 aliphatic heterocycles. The van der Waals surface area contributed by atoms with Crippen LogP contribution in [0.15, 0.2) is 36.1 Å². The predicted molar refractivity (Wildman–Crippen MR) is 93.6 cm³/mol. The largest absolute Gasteiger partial charge is 0.525 e. The van der Waals surface area contributed by atoms with Gasteiger partial charge in [-0.1, -0.05) is 18.2 Å². The van der Waals surface area contributed by atoms with E-state index in [2.05, 4.69) is 4.98 Å². The molecular formula is C17H18BFN2O4. The standard InChI is InChI=1S/C17H18BFN2O4/c1-16(2)17(3,4)25-18(24-16)14(19)10-12-9-8-11-6-5-7-13(21(22)23)15(11)20-12/h5-10H,1-4H3. The van der Waals surface area contributed by atoms with Crippen LogP contribution in [-0.2, 0) is 9.31 Å². The Bertz CT molecular complexity index is 866. The van der Waals surface area contributed by atoms with Crippen LogP contribution in [0.5, 0.6) is 0 Å². The summed E-state index contributed by atoms with van der Waals surface area (Å²) in [5.41, 5.74) is -1.60. The molecule has 0 bridgehead atoms. The fourth-order valence-electron chi connectivity index (χ4n) is 2.54. The van der Waals surface area contributed by atoms with E-state index in [0.717, 1.165) is 0 Å². The number of aromatic nitrogens is 1. The number of nitro benzene ring substituents is 1. The topological polar surface area (TPSA) is 74.5 Å². The van der Waals surface area contributed by atoms with Crippen molar-refractivity contribution in [2.45, 2.75) is 38.9 Å². The lowest BCUT2D eigenvalue weighted by Crippen LogP contribution is -2.41. The highest BCUT2D eigenvalue weighted by Gasteiger charge is 2.53. The molecule has 130 valence electrons. The number of non-ortho nitro benzene ring substituents is 1. The van der Waals surface area contributed by atoms with Gasteiger partial charge in [-0.3, -0.25) is 10.1 Å². The van der Waals surface area contributed by atoms with Crippen molar-refractivity contribution in [2.24, 2.45) is 0 Å². The van der Waals surface area contributed by atoms with Gasteiger partial charge in [-0.15, -0.1) is 0 Å². The molecule has 1 saturated heterocycles. The van der Waals surface area contributed by atoms with Crippen LogP contribution in [0.25, 0.3) is 17.0 Å². The van der Waals surface area contributed by atoms with Crippen molar-refractivity contribution < 1.29 is 18.6 Å². The number of halogens is 1. The van der Waals surface area contributed by atoms with E-state index in [4.69, 9.17) is 9.31 Å². The third kappa shape index (κ3) is 3.15. The molecule has 1 aromatic heterocycles. The minimum Gasteiger partial charge on any atom is -0.398 e. The Morgan fingerprint density at radius 2 is 1.84 bits per heavy atom. The highest BCUT2D eigenvalue weighted by atomic mass is 19.1. The van der Waals surface area contributed by atoms with Crippen LogP contribution in [0, 0.1) is 10.1 Å². The van der Waals surface area contributed by atoms with Crippen molar-refractivity contribution in [1.29, 1.82) is 0 Å². The van der Waals surface area contributed by atoms with Gasteiger partial charge in [-0.25, -0.2) is 9.37 Å². The number of nitrogens with zero attached hydrogens (tertiary/aromatic N) is 2. The van der Waals surface area contributed by atoms with Gasteiger partial charge in [0.25, 0.3) is 5.69 Å². The summed E-state index contributed by atoms with van der Waals surface area (Å²) in [5.74, 6) is 0. The van der Waals surface area contributed by atoms with Crippen LogP contribution in [-0.4, -0.2) is 28.2 Å². The molecule has 1 aliphatic rings. The Kier molecular flexibility index (Phi) is 4.13. The third-order valence-electron chi connectivity index (χ3n) is 4.68. The quantitative estimate of drug-likeness (QED) is 0.476. The Labute approximate surface area is 144 Å². The molecular weight excluding hydrogens is 326 g/mol. The van der Waals surface area contributed by atoms with Crippen LogP contribution >= 0.6 is 0 Å². The summed E-state index contributed by atoms with van der Waals surface area (Å²) in [7, 11) is -1.13. The van der Waals surface area contributed by atoms with E-state index in [1.54, 1.807) is 24.3 Å². The van der Waals surface area contributed by atoms with Crippen LogP contribution in [0.2, 0.25) is 0 Å². The number of nitro groups is 1. The zero-order chi connectivity index (χ0) is 18.4. The summed E-state index contributed by atoms with van der Waals surface area (Å²) in [6.07, 6.45) is 1.18. The third-order valence-corrected chi connectivity index (χ3v) is 4.68. The van der Waals surface area contributed by atoms with Crippen molar-refractivity contribution in [3.05, 3.63) is 51.9 Å². The van der Waals surface area contributed by atoms with Crippen LogP contribution < -0.4 is 0 Å². The average Bonchev–Trinajstić information content (AvgIpc) is 2.74. The molecule has 0 spiro atoms. The van der Waals surface area contributed by atoms with Gasteiger partial charge in [0, 0.05) is 11.5 Å². The second-order valence-corrected chi connectivity index (χ2v) is 6.96. The highest BCUT2D eigenvalue weighted by Crippen LogP contribution is 2.39. The lowest BCUT2D eigenvalue weighted by Gasteiger charge is -2.32. The number of hydrogen-bond donors (Lipinski definition) is 0. The van der Waals surface area contributed by atoms with E-state index in [9.17, 15) is 14.5 Å². The van der Waals surface area contributed by atoms with Crippen molar-refractivity contribution >= 4 is 29.8 Å². The average molecular weight is 344 g/mol. The van der Waals surface area contributed by atoms with Gasteiger partial charge in [0.2, 0.25) is 0 Å². The van der Waals surface area contributed by atoms with E-state index in [-0.39, 0.29) is 16.9 Å². The molecule has 8 heteroatoms. The summed E-state index contributed by atoms with van der Waals surface area (Å²) in [5, 5.41) is 11.7. The highest BCUT2D eigenvalue weighted by molar-refractivity contribution is 6.54. The number of benzene rings is 1. The molecule has 0 amide bonds. The van der Waals surface area contributed by atoms with Gasteiger partial charge in [-0.2, -0.15) is 0 Å². The molecule has 1 aromatic carbocycles. The predicted octanol–water partition coefficient (Wildman–Crippen LogP) is 4.08. The monoisotopic (exact) mass is 344 g/mol. The summed E-state index contributed by atoms with van der Waals surface area (Å²) >= 11 is 0. The van der Waals surface area contributed by atoms with Crippen LogP contribution in [0.4, 0.5) is 10.1 Å². The van der Waals surface area contributed by atoms with Crippen LogP contribution in [0.1, 0.15) is 33.4 Å². The second kappa shape index (κ2) is 5.89. The fraction of sp³-hybridized carbons (Fsp3) is 0.353. The summed E-state index contributed by atoms with van der Waals surface area (Å²) in [6.45, 7) is 7.33. The first-order valence-corrected chi connectivity index (χ1v) is 7.88. The number of para-hydroxylation sites is 1. The maximum atomic E-state index is 14.6. The molecule has 0 atom stereocenters. The number of hydrogen-bond acceptors (Lipinski definition) is 5. The zero-order valence-corrected chi connectivity index (χ0v) is 14.4. The minimum absolute atomic E-state index is 0.121. The van der Waals surface area contributed by atoms with Gasteiger partial charge < -0.3 is 9.31 Å². The lowest BCUT2D eigenvalue weighted by molar-refractivity contribution is -0.383. The molecule has 6 nitrogen and oxygen atoms in total. The van der Waals surface area contributed by atoms with E-state index in [0.29, 0.717) is 5.39 Å². The number of pyridine rings is 1. The molecule has 0 radical (unpaired) electrons. The SMILES string of the molecule is CC1(C)OB(C(F)=Cc2ccc3cccc([N+](=O)[O-])c3n2)OC1(C)C. The Morgan fingerprint density at radius 3 is 2.44 bits per heavy atom. The number of fused-ring (bicyclic) bond motifs is 1. The number of rotatable bonds is 3. The van der Waals surface area contributed by atoms with Crippen molar-refractivity contribution in [3.63, 3.8) is 0 Å². The fourth-order valence-corrected chi connectivity index (χ4v) is 2.54. The van der Waals surface area contributed by atoms with E-state index >= 15 is 0 Å². The molecule has 2 heterocycles.